The molecule has 0 bridgehead atoms. The minimum absolute atomic E-state index is 0.351. The Kier molecular flexibility index (Phi) is 4.49. The lowest BCUT2D eigenvalue weighted by Gasteiger charge is -2.36. The van der Waals surface area contributed by atoms with Crippen LogP contribution in [-0.2, 0) is 6.54 Å². The van der Waals surface area contributed by atoms with Crippen molar-refractivity contribution in [3.05, 3.63) is 41.1 Å². The van der Waals surface area contributed by atoms with Crippen molar-refractivity contribution in [1.82, 2.24) is 18.3 Å². The van der Waals surface area contributed by atoms with E-state index >= 15 is 0 Å². The van der Waals surface area contributed by atoms with Crippen molar-refractivity contribution in [2.75, 3.05) is 36.0 Å². The first-order chi connectivity index (χ1) is 12.6. The third-order valence-corrected chi connectivity index (χ3v) is 4.93. The van der Waals surface area contributed by atoms with E-state index in [-0.39, 0.29) is 0 Å². The summed E-state index contributed by atoms with van der Waals surface area (Å²) in [6.07, 6.45) is 0.369. The maximum absolute atomic E-state index is 12.5. The van der Waals surface area contributed by atoms with Crippen LogP contribution < -0.4 is 15.4 Å². The smallest absolute Gasteiger partial charge is 0.261 e. The highest BCUT2D eigenvalue weighted by Crippen LogP contribution is 2.22. The Morgan fingerprint density at radius 2 is 1.92 bits per heavy atom. The zero-order chi connectivity index (χ0) is 18.1. The average Bonchev–Trinajstić information content (AvgIpc) is 3.18. The molecule has 7 nitrogen and oxygen atoms in total. The van der Waals surface area contributed by atoms with Gasteiger partial charge in [-0.05, 0) is 18.2 Å². The molecular weight excluding hydrogens is 362 g/mol. The minimum Gasteiger partial charge on any atom is -0.368 e. The predicted octanol–water partition coefficient (Wildman–Crippen LogP) is 1.84. The van der Waals surface area contributed by atoms with Crippen LogP contribution in [0.3, 0.4) is 0 Å². The summed E-state index contributed by atoms with van der Waals surface area (Å²) in [6, 6.07) is 5.35. The van der Waals surface area contributed by atoms with Crippen LogP contribution in [0.15, 0.2) is 35.5 Å². The van der Waals surface area contributed by atoms with Gasteiger partial charge in [0.15, 0.2) is 5.82 Å². The highest BCUT2D eigenvalue weighted by molar-refractivity contribution is 6.99. The summed E-state index contributed by atoms with van der Waals surface area (Å²) < 4.78 is 34.3. The van der Waals surface area contributed by atoms with Crippen LogP contribution in [0.4, 0.5) is 20.3 Å². The number of halogens is 2. The van der Waals surface area contributed by atoms with E-state index in [2.05, 4.69) is 23.5 Å². The quantitative estimate of drug-likeness (QED) is 0.690. The van der Waals surface area contributed by atoms with Crippen molar-refractivity contribution in [2.24, 2.45) is 0 Å². The Balaban J connectivity index is 1.54. The lowest BCUT2D eigenvalue weighted by atomic mass is 10.2. The Hall–Kier alpha value is -2.62. The summed E-state index contributed by atoms with van der Waals surface area (Å²) in [5.41, 5.74) is 1.04. The first kappa shape index (κ1) is 16.8. The molecule has 136 valence electrons. The molecule has 0 atom stereocenters. The molecule has 1 aliphatic heterocycles. The molecule has 3 aromatic rings. The molecule has 0 saturated carbocycles. The van der Waals surface area contributed by atoms with E-state index in [1.54, 1.807) is 12.3 Å². The fourth-order valence-corrected chi connectivity index (χ4v) is 3.55. The minimum atomic E-state index is -2.59. The SMILES string of the molecule is O=c1c2ccc(N3CCN(c4cnsn4)CC3)cc2ncn1CC(F)F. The van der Waals surface area contributed by atoms with E-state index in [0.717, 1.165) is 42.3 Å². The van der Waals surface area contributed by atoms with Crippen LogP contribution in [0.1, 0.15) is 0 Å². The monoisotopic (exact) mass is 378 g/mol. The third-order valence-electron chi connectivity index (χ3n) is 4.46. The molecule has 3 heterocycles. The number of hydrogen-bond donors (Lipinski definition) is 0. The van der Waals surface area contributed by atoms with E-state index < -0.39 is 18.5 Å². The molecule has 0 unspecified atom stereocenters. The van der Waals surface area contributed by atoms with E-state index in [4.69, 9.17) is 0 Å². The molecule has 0 spiro atoms. The molecule has 4 rings (SSSR count). The second kappa shape index (κ2) is 6.94. The van der Waals surface area contributed by atoms with Crippen molar-refractivity contribution in [2.45, 2.75) is 13.0 Å². The summed E-state index contributed by atoms with van der Waals surface area (Å²) in [5.74, 6) is 0.898. The van der Waals surface area contributed by atoms with Gasteiger partial charge in [-0.15, -0.1) is 0 Å². The van der Waals surface area contributed by atoms with Crippen molar-refractivity contribution in [1.29, 1.82) is 0 Å². The molecule has 0 N–H and O–H groups in total. The van der Waals surface area contributed by atoms with Gasteiger partial charge in [0.05, 0.1) is 41.7 Å². The van der Waals surface area contributed by atoms with E-state index in [1.165, 1.54) is 18.1 Å². The number of hydrogen-bond acceptors (Lipinski definition) is 7. The Labute approximate surface area is 151 Å². The highest BCUT2D eigenvalue weighted by atomic mass is 32.1. The molecule has 0 aliphatic carbocycles. The van der Waals surface area contributed by atoms with Gasteiger partial charge in [-0.25, -0.2) is 13.8 Å². The Morgan fingerprint density at radius 3 is 2.62 bits per heavy atom. The standard InChI is InChI=1S/C16H16F2N6OS/c17-14(18)9-24-10-19-13-7-11(1-2-12(13)16(24)25)22-3-5-23(6-4-22)15-8-20-26-21-15/h1-2,7-8,10,14H,3-6,9H2. The molecule has 1 aromatic carbocycles. The summed E-state index contributed by atoms with van der Waals surface area (Å²) in [7, 11) is 0. The van der Waals surface area contributed by atoms with Gasteiger partial charge in [-0.2, -0.15) is 8.75 Å². The summed E-state index contributed by atoms with van der Waals surface area (Å²) in [6.45, 7) is 2.63. The summed E-state index contributed by atoms with van der Waals surface area (Å²) in [5, 5.41) is 0.351. The van der Waals surface area contributed by atoms with Crippen LogP contribution >= 0.6 is 11.7 Å². The molecular formula is C16H16F2N6OS. The summed E-state index contributed by atoms with van der Waals surface area (Å²) >= 11 is 1.20. The van der Waals surface area contributed by atoms with Crippen molar-refractivity contribution in [3.8, 4) is 0 Å². The normalized spacial score (nSPS) is 15.2. The van der Waals surface area contributed by atoms with Crippen molar-refractivity contribution < 1.29 is 8.78 Å². The number of aromatic nitrogens is 4. The van der Waals surface area contributed by atoms with E-state index in [0.29, 0.717) is 10.9 Å². The molecule has 1 fully saturated rings. The van der Waals surface area contributed by atoms with Crippen molar-refractivity contribution in [3.63, 3.8) is 0 Å². The fourth-order valence-electron chi connectivity index (χ4n) is 3.11. The number of rotatable bonds is 4. The molecule has 0 amide bonds. The highest BCUT2D eigenvalue weighted by Gasteiger charge is 2.19. The first-order valence-corrected chi connectivity index (χ1v) is 8.89. The van der Waals surface area contributed by atoms with Crippen LogP contribution in [0, 0.1) is 0 Å². The van der Waals surface area contributed by atoms with Gasteiger partial charge >= 0.3 is 0 Å². The zero-order valence-electron chi connectivity index (χ0n) is 13.8. The maximum atomic E-state index is 12.5. The van der Waals surface area contributed by atoms with Crippen LogP contribution in [0.2, 0.25) is 0 Å². The number of anilines is 2. The van der Waals surface area contributed by atoms with E-state index in [1.807, 2.05) is 12.1 Å². The number of nitrogens with zero attached hydrogens (tertiary/aromatic N) is 6. The molecule has 26 heavy (non-hydrogen) atoms. The van der Waals surface area contributed by atoms with Crippen LogP contribution in [-0.4, -0.2) is 50.9 Å². The zero-order valence-corrected chi connectivity index (χ0v) is 14.6. The number of piperazine rings is 1. The van der Waals surface area contributed by atoms with Crippen LogP contribution in [0.25, 0.3) is 10.9 Å². The predicted molar refractivity (Wildman–Crippen MR) is 96.3 cm³/mol. The lowest BCUT2D eigenvalue weighted by molar-refractivity contribution is 0.125. The molecule has 2 aromatic heterocycles. The number of fused-ring (bicyclic) bond motifs is 1. The second-order valence-corrected chi connectivity index (χ2v) is 6.59. The van der Waals surface area contributed by atoms with Crippen molar-refractivity contribution >= 4 is 34.1 Å². The number of benzene rings is 1. The van der Waals surface area contributed by atoms with Gasteiger partial charge < -0.3 is 9.80 Å². The Morgan fingerprint density at radius 1 is 1.15 bits per heavy atom. The van der Waals surface area contributed by atoms with Gasteiger partial charge in [-0.3, -0.25) is 9.36 Å². The van der Waals surface area contributed by atoms with Crippen LogP contribution in [0.5, 0.6) is 0 Å². The average molecular weight is 378 g/mol. The van der Waals surface area contributed by atoms with E-state index in [9.17, 15) is 13.6 Å². The second-order valence-electron chi connectivity index (χ2n) is 6.03. The van der Waals surface area contributed by atoms with Gasteiger partial charge in [-0.1, -0.05) is 0 Å². The van der Waals surface area contributed by atoms with Gasteiger partial charge in [0.1, 0.15) is 0 Å². The summed E-state index contributed by atoms with van der Waals surface area (Å²) in [4.78, 5) is 20.9. The third kappa shape index (κ3) is 3.24. The van der Waals surface area contributed by atoms with Gasteiger partial charge in [0, 0.05) is 31.9 Å². The molecule has 0 radical (unpaired) electrons. The first-order valence-electron chi connectivity index (χ1n) is 8.16. The van der Waals surface area contributed by atoms with Gasteiger partial charge in [0.2, 0.25) is 0 Å². The molecule has 1 aliphatic rings. The molecule has 10 heteroatoms. The maximum Gasteiger partial charge on any atom is 0.261 e. The fraction of sp³-hybridized carbons (Fsp3) is 0.375. The largest absolute Gasteiger partial charge is 0.368 e. The van der Waals surface area contributed by atoms with Gasteiger partial charge in [0.25, 0.3) is 12.0 Å². The lowest BCUT2D eigenvalue weighted by Crippen LogP contribution is -2.46. The topological polar surface area (TPSA) is 67.2 Å². The number of alkyl halides is 2. The Bertz CT molecular complexity index is 953. The molecule has 1 saturated heterocycles.